The summed E-state index contributed by atoms with van der Waals surface area (Å²) in [5.74, 6) is 0.689. The second kappa shape index (κ2) is 6.70. The van der Waals surface area contributed by atoms with Crippen LogP contribution in [0.3, 0.4) is 0 Å². The van der Waals surface area contributed by atoms with Crippen LogP contribution in [0.5, 0.6) is 0 Å². The molecule has 0 aliphatic rings. The van der Waals surface area contributed by atoms with Crippen LogP contribution in [0.25, 0.3) is 22.2 Å². The molecule has 2 aromatic carbocycles. The molecule has 0 saturated heterocycles. The van der Waals surface area contributed by atoms with E-state index in [4.69, 9.17) is 8.83 Å². The van der Waals surface area contributed by atoms with E-state index in [9.17, 15) is 4.79 Å². The van der Waals surface area contributed by atoms with E-state index in [0.29, 0.717) is 22.0 Å². The number of Topliss-reactive ketones (excluding diaryl/α,β-unsaturated/α-hetero) is 1. The highest BCUT2D eigenvalue weighted by Gasteiger charge is 2.12. The lowest BCUT2D eigenvalue weighted by Crippen LogP contribution is -2.04. The summed E-state index contributed by atoms with van der Waals surface area (Å²) in [6.45, 7) is 0. The smallest absolute Gasteiger partial charge is 0.257 e. The van der Waals surface area contributed by atoms with Gasteiger partial charge in [-0.2, -0.15) is 0 Å². The van der Waals surface area contributed by atoms with Crippen LogP contribution in [-0.2, 0) is 4.79 Å². The summed E-state index contributed by atoms with van der Waals surface area (Å²) >= 11 is 2.61. The zero-order chi connectivity index (χ0) is 16.4. The van der Waals surface area contributed by atoms with Gasteiger partial charge in [0.2, 0.25) is 0 Å². The zero-order valence-corrected chi connectivity index (χ0v) is 14.1. The monoisotopic (exact) mass is 356 g/mol. The number of aromatic nitrogens is 2. The average molecular weight is 356 g/mol. The molecule has 120 valence electrons. The fourth-order valence-electron chi connectivity index (χ4n) is 2.15. The molecule has 0 aliphatic heterocycles. The maximum absolute atomic E-state index is 12.0. The second-order valence-electron chi connectivity index (χ2n) is 5.01. The highest BCUT2D eigenvalue weighted by Crippen LogP contribution is 2.25. The third-order valence-electron chi connectivity index (χ3n) is 3.26. The van der Waals surface area contributed by atoms with Crippen molar-refractivity contribution in [3.63, 3.8) is 0 Å². The molecule has 4 rings (SSSR count). The fourth-order valence-corrected chi connectivity index (χ4v) is 3.68. The zero-order valence-electron chi connectivity index (χ0n) is 12.5. The van der Waals surface area contributed by atoms with Crippen molar-refractivity contribution in [2.45, 2.75) is 10.4 Å². The van der Waals surface area contributed by atoms with Gasteiger partial charge in [0.25, 0.3) is 10.4 Å². The molecule has 0 amide bonds. The lowest BCUT2D eigenvalue weighted by atomic mass is 10.3. The van der Waals surface area contributed by atoms with Gasteiger partial charge in [-0.25, -0.2) is 9.97 Å². The van der Waals surface area contributed by atoms with Crippen molar-refractivity contribution < 1.29 is 13.6 Å². The number of thioether (sulfide) groups is 2. The first kappa shape index (κ1) is 15.3. The van der Waals surface area contributed by atoms with Gasteiger partial charge < -0.3 is 8.83 Å². The van der Waals surface area contributed by atoms with Gasteiger partial charge in [0.15, 0.2) is 16.9 Å². The highest BCUT2D eigenvalue weighted by atomic mass is 32.2. The number of para-hydroxylation sites is 4. The molecular formula is C17H12N2O3S2. The van der Waals surface area contributed by atoms with Crippen LogP contribution in [0, 0.1) is 0 Å². The Labute approximate surface area is 145 Å². The third-order valence-corrected chi connectivity index (χ3v) is 5.04. The van der Waals surface area contributed by atoms with Crippen molar-refractivity contribution in [1.29, 1.82) is 0 Å². The van der Waals surface area contributed by atoms with E-state index in [1.54, 1.807) is 0 Å². The van der Waals surface area contributed by atoms with Gasteiger partial charge in [-0.05, 0) is 24.3 Å². The predicted molar refractivity (Wildman–Crippen MR) is 94.5 cm³/mol. The summed E-state index contributed by atoms with van der Waals surface area (Å²) in [5.41, 5.74) is 3.06. The average Bonchev–Trinajstić information content (AvgIpc) is 3.21. The minimum Gasteiger partial charge on any atom is -0.431 e. The van der Waals surface area contributed by atoms with Gasteiger partial charge in [-0.1, -0.05) is 47.8 Å². The van der Waals surface area contributed by atoms with Crippen molar-refractivity contribution in [3.8, 4) is 0 Å². The summed E-state index contributed by atoms with van der Waals surface area (Å²) in [7, 11) is 0. The Morgan fingerprint density at radius 3 is 1.71 bits per heavy atom. The Bertz CT molecular complexity index is 863. The molecule has 0 fully saturated rings. The number of hydrogen-bond acceptors (Lipinski definition) is 7. The summed E-state index contributed by atoms with van der Waals surface area (Å²) in [6.07, 6.45) is 0. The van der Waals surface area contributed by atoms with Gasteiger partial charge in [0, 0.05) is 0 Å². The van der Waals surface area contributed by atoms with Crippen LogP contribution in [0.2, 0.25) is 0 Å². The van der Waals surface area contributed by atoms with Crippen LogP contribution < -0.4 is 0 Å². The minimum absolute atomic E-state index is 0.0783. The first-order valence-corrected chi connectivity index (χ1v) is 9.23. The quantitative estimate of drug-likeness (QED) is 0.474. The molecule has 2 aromatic heterocycles. The topological polar surface area (TPSA) is 69.1 Å². The number of benzene rings is 2. The molecule has 0 spiro atoms. The minimum atomic E-state index is 0.0783. The van der Waals surface area contributed by atoms with E-state index in [-0.39, 0.29) is 5.78 Å². The summed E-state index contributed by atoms with van der Waals surface area (Å²) in [4.78, 5) is 20.7. The maximum Gasteiger partial charge on any atom is 0.257 e. The molecular weight excluding hydrogens is 344 g/mol. The summed E-state index contributed by atoms with van der Waals surface area (Å²) in [5, 5.41) is 1.02. The SMILES string of the molecule is O=C(CSc1nc2ccccc2o1)CSc1nc2ccccc2o1. The molecule has 0 aliphatic carbocycles. The highest BCUT2D eigenvalue weighted by molar-refractivity contribution is 8.01. The van der Waals surface area contributed by atoms with E-state index in [1.165, 1.54) is 23.5 Å². The van der Waals surface area contributed by atoms with Crippen molar-refractivity contribution in [2.24, 2.45) is 0 Å². The molecule has 24 heavy (non-hydrogen) atoms. The molecule has 0 atom stereocenters. The standard InChI is InChI=1S/C17H12N2O3S2/c20-11(9-23-16-18-12-5-1-3-7-14(12)21-16)10-24-17-19-13-6-2-4-8-15(13)22-17/h1-8H,9-10H2. The van der Waals surface area contributed by atoms with Crippen LogP contribution in [-0.4, -0.2) is 27.3 Å². The van der Waals surface area contributed by atoms with E-state index < -0.39 is 0 Å². The summed E-state index contributed by atoms with van der Waals surface area (Å²) < 4.78 is 11.2. The molecule has 0 N–H and O–H groups in total. The molecule has 0 radical (unpaired) electrons. The molecule has 5 nitrogen and oxygen atoms in total. The molecule has 0 saturated carbocycles. The fraction of sp³-hybridized carbons (Fsp3) is 0.118. The van der Waals surface area contributed by atoms with E-state index in [2.05, 4.69) is 9.97 Å². The third kappa shape index (κ3) is 3.32. The first-order chi connectivity index (χ1) is 11.8. The van der Waals surface area contributed by atoms with E-state index >= 15 is 0 Å². The first-order valence-electron chi connectivity index (χ1n) is 7.26. The number of fused-ring (bicyclic) bond motifs is 2. The number of nitrogens with zero attached hydrogens (tertiary/aromatic N) is 2. The van der Waals surface area contributed by atoms with Gasteiger partial charge in [-0.15, -0.1) is 0 Å². The van der Waals surface area contributed by atoms with E-state index in [0.717, 1.165) is 22.2 Å². The molecule has 4 aromatic rings. The van der Waals surface area contributed by atoms with Crippen LogP contribution in [0.1, 0.15) is 0 Å². The largest absolute Gasteiger partial charge is 0.431 e. The van der Waals surface area contributed by atoms with Gasteiger partial charge in [0.05, 0.1) is 11.5 Å². The number of ketones is 1. The molecule has 0 unspecified atom stereocenters. The number of carbonyl (C=O) groups excluding carboxylic acids is 1. The van der Waals surface area contributed by atoms with Crippen molar-refractivity contribution in [2.75, 3.05) is 11.5 Å². The Morgan fingerprint density at radius 1 is 0.792 bits per heavy atom. The second-order valence-corrected chi connectivity index (χ2v) is 6.86. The number of oxazole rings is 2. The Balaban J connectivity index is 1.33. The van der Waals surface area contributed by atoms with Crippen LogP contribution >= 0.6 is 23.5 Å². The van der Waals surface area contributed by atoms with Crippen molar-refractivity contribution in [3.05, 3.63) is 48.5 Å². The number of hydrogen-bond donors (Lipinski definition) is 0. The van der Waals surface area contributed by atoms with Crippen molar-refractivity contribution >= 4 is 51.5 Å². The lowest BCUT2D eigenvalue weighted by molar-refractivity contribution is -0.114. The normalized spacial score (nSPS) is 11.3. The maximum atomic E-state index is 12.0. The number of rotatable bonds is 6. The van der Waals surface area contributed by atoms with Gasteiger partial charge >= 0.3 is 0 Å². The predicted octanol–water partition coefficient (Wildman–Crippen LogP) is 4.42. The van der Waals surface area contributed by atoms with Gasteiger partial charge in [0.1, 0.15) is 11.0 Å². The van der Waals surface area contributed by atoms with E-state index in [1.807, 2.05) is 48.5 Å². The molecule has 0 bridgehead atoms. The van der Waals surface area contributed by atoms with Gasteiger partial charge in [-0.3, -0.25) is 4.79 Å². The Kier molecular flexibility index (Phi) is 4.27. The summed E-state index contributed by atoms with van der Waals surface area (Å²) in [6, 6.07) is 15.1. The van der Waals surface area contributed by atoms with Crippen LogP contribution in [0.4, 0.5) is 0 Å². The Morgan fingerprint density at radius 2 is 1.25 bits per heavy atom. The number of carbonyl (C=O) groups is 1. The Hall–Kier alpha value is -2.25. The molecule has 2 heterocycles. The molecule has 7 heteroatoms. The van der Waals surface area contributed by atoms with Crippen molar-refractivity contribution in [1.82, 2.24) is 9.97 Å². The van der Waals surface area contributed by atoms with Crippen LogP contribution in [0.15, 0.2) is 67.8 Å². The lowest BCUT2D eigenvalue weighted by Gasteiger charge is -1.96.